The number of halogens is 1. The highest BCUT2D eigenvalue weighted by molar-refractivity contribution is 14.1. The van der Waals surface area contributed by atoms with E-state index >= 15 is 0 Å². The smallest absolute Gasteiger partial charge is 0.0824 e. The zero-order chi connectivity index (χ0) is 11.8. The van der Waals surface area contributed by atoms with E-state index in [1.807, 2.05) is 0 Å². The summed E-state index contributed by atoms with van der Waals surface area (Å²) in [6, 6.07) is 6.98. The summed E-state index contributed by atoms with van der Waals surface area (Å²) in [7, 11) is 0. The van der Waals surface area contributed by atoms with Gasteiger partial charge in [-0.1, -0.05) is 26.0 Å². The fraction of sp³-hybridized carbons (Fsp3) is 0.500. The van der Waals surface area contributed by atoms with E-state index in [2.05, 4.69) is 54.6 Å². The highest BCUT2D eigenvalue weighted by atomic mass is 127. The van der Waals surface area contributed by atoms with Crippen molar-refractivity contribution in [2.45, 2.75) is 44.9 Å². The number of rotatable bonds is 3. The number of nitriles is 1. The third kappa shape index (κ3) is 1.86. The molecule has 0 radical (unpaired) electrons. The average Bonchev–Trinajstić information content (AvgIpc) is 3.10. The lowest BCUT2D eigenvalue weighted by molar-refractivity contribution is 0.891. The highest BCUT2D eigenvalue weighted by Gasteiger charge is 2.45. The van der Waals surface area contributed by atoms with Crippen LogP contribution in [0, 0.1) is 14.9 Å². The molecule has 1 fully saturated rings. The van der Waals surface area contributed by atoms with Crippen LogP contribution in [-0.4, -0.2) is 0 Å². The van der Waals surface area contributed by atoms with Crippen LogP contribution in [0.2, 0.25) is 0 Å². The van der Waals surface area contributed by atoms with Gasteiger partial charge in [0, 0.05) is 3.57 Å². The number of hydrogen-bond donors (Lipinski definition) is 0. The van der Waals surface area contributed by atoms with Crippen molar-refractivity contribution < 1.29 is 0 Å². The summed E-state index contributed by atoms with van der Waals surface area (Å²) >= 11 is 2.44. The second-order valence-electron chi connectivity index (χ2n) is 4.51. The van der Waals surface area contributed by atoms with Gasteiger partial charge in [-0.2, -0.15) is 5.26 Å². The zero-order valence-electron chi connectivity index (χ0n) is 9.81. The molecule has 0 saturated heterocycles. The van der Waals surface area contributed by atoms with Crippen LogP contribution in [0.5, 0.6) is 0 Å². The molecule has 1 aromatic rings. The summed E-state index contributed by atoms with van der Waals surface area (Å²) < 4.78 is 1.39. The molecule has 1 saturated carbocycles. The van der Waals surface area contributed by atoms with Gasteiger partial charge < -0.3 is 0 Å². The minimum absolute atomic E-state index is 0.141. The number of hydrogen-bond acceptors (Lipinski definition) is 1. The molecule has 0 heterocycles. The molecule has 0 amide bonds. The van der Waals surface area contributed by atoms with Crippen LogP contribution in [0.1, 0.15) is 43.4 Å². The normalized spacial score (nSPS) is 16.9. The molecule has 1 aliphatic rings. The Hall–Kier alpha value is -0.560. The lowest BCUT2D eigenvalue weighted by atomic mass is 9.92. The maximum Gasteiger partial charge on any atom is 0.0824 e. The molecule has 16 heavy (non-hydrogen) atoms. The molecule has 0 bridgehead atoms. The van der Waals surface area contributed by atoms with E-state index < -0.39 is 0 Å². The number of aryl methyl sites for hydroxylation is 2. The van der Waals surface area contributed by atoms with E-state index in [0.29, 0.717) is 0 Å². The second-order valence-corrected chi connectivity index (χ2v) is 5.59. The summed E-state index contributed by atoms with van der Waals surface area (Å²) in [5.41, 5.74) is 3.91. The molecule has 2 heteroatoms. The van der Waals surface area contributed by atoms with Gasteiger partial charge in [0.25, 0.3) is 0 Å². The fourth-order valence-electron chi connectivity index (χ4n) is 2.13. The first-order valence-corrected chi connectivity index (χ1v) is 6.97. The van der Waals surface area contributed by atoms with E-state index in [0.717, 1.165) is 25.7 Å². The lowest BCUT2D eigenvalue weighted by Crippen LogP contribution is -2.06. The number of benzene rings is 1. The van der Waals surface area contributed by atoms with E-state index in [1.54, 1.807) is 0 Å². The molecule has 0 N–H and O–H groups in total. The van der Waals surface area contributed by atoms with Crippen molar-refractivity contribution in [2.75, 3.05) is 0 Å². The average molecular weight is 325 g/mol. The predicted molar refractivity (Wildman–Crippen MR) is 74.4 cm³/mol. The van der Waals surface area contributed by atoms with Crippen LogP contribution in [0.3, 0.4) is 0 Å². The molecule has 1 aliphatic carbocycles. The first kappa shape index (κ1) is 11.9. The fourth-order valence-corrected chi connectivity index (χ4v) is 3.21. The third-order valence-electron chi connectivity index (χ3n) is 3.50. The molecule has 0 aromatic heterocycles. The van der Waals surface area contributed by atoms with Gasteiger partial charge in [0.1, 0.15) is 0 Å². The molecule has 1 nitrogen and oxygen atoms in total. The van der Waals surface area contributed by atoms with E-state index in [1.165, 1.54) is 20.3 Å². The summed E-state index contributed by atoms with van der Waals surface area (Å²) in [5.74, 6) is 0. The predicted octanol–water partition coefficient (Wildman–Crippen LogP) is 3.97. The van der Waals surface area contributed by atoms with Gasteiger partial charge in [-0.05, 0) is 65.0 Å². The molecule has 0 unspecified atom stereocenters. The van der Waals surface area contributed by atoms with E-state index in [4.69, 9.17) is 0 Å². The lowest BCUT2D eigenvalue weighted by Gasteiger charge is -2.14. The van der Waals surface area contributed by atoms with Crippen molar-refractivity contribution in [1.82, 2.24) is 0 Å². The summed E-state index contributed by atoms with van der Waals surface area (Å²) in [4.78, 5) is 0. The first-order valence-electron chi connectivity index (χ1n) is 5.90. The van der Waals surface area contributed by atoms with Crippen molar-refractivity contribution >= 4 is 22.6 Å². The van der Waals surface area contributed by atoms with Crippen LogP contribution in [0.4, 0.5) is 0 Å². The van der Waals surface area contributed by atoms with Crippen LogP contribution in [0.25, 0.3) is 0 Å². The molecule has 84 valence electrons. The molecule has 0 spiro atoms. The van der Waals surface area contributed by atoms with Gasteiger partial charge in [0.15, 0.2) is 0 Å². The second kappa shape index (κ2) is 4.37. The van der Waals surface area contributed by atoms with Gasteiger partial charge in [-0.15, -0.1) is 0 Å². The van der Waals surface area contributed by atoms with Crippen LogP contribution >= 0.6 is 22.6 Å². The topological polar surface area (TPSA) is 23.8 Å². The third-order valence-corrected chi connectivity index (χ3v) is 4.89. The van der Waals surface area contributed by atoms with Crippen LogP contribution < -0.4 is 0 Å². The van der Waals surface area contributed by atoms with Crippen LogP contribution in [0.15, 0.2) is 12.1 Å². The Bertz CT molecular complexity index is 427. The van der Waals surface area contributed by atoms with Gasteiger partial charge in [0.05, 0.1) is 11.5 Å². The van der Waals surface area contributed by atoms with Crippen molar-refractivity contribution in [1.29, 1.82) is 5.26 Å². The highest BCUT2D eigenvalue weighted by Crippen LogP contribution is 2.48. The first-order chi connectivity index (χ1) is 7.66. The maximum absolute atomic E-state index is 9.25. The Labute approximate surface area is 111 Å². The van der Waals surface area contributed by atoms with Crippen LogP contribution in [-0.2, 0) is 18.3 Å². The van der Waals surface area contributed by atoms with E-state index in [9.17, 15) is 5.26 Å². The Kier molecular flexibility index (Phi) is 3.25. The molecule has 0 aliphatic heterocycles. The van der Waals surface area contributed by atoms with E-state index in [-0.39, 0.29) is 5.41 Å². The largest absolute Gasteiger partial charge is 0.197 e. The van der Waals surface area contributed by atoms with Crippen molar-refractivity contribution in [3.05, 3.63) is 32.4 Å². The van der Waals surface area contributed by atoms with Gasteiger partial charge in [0.2, 0.25) is 0 Å². The quantitative estimate of drug-likeness (QED) is 0.772. The van der Waals surface area contributed by atoms with Crippen molar-refractivity contribution in [2.24, 2.45) is 0 Å². The standard InChI is InChI=1S/C14H16IN/c1-3-10-7-12(14(9-16)5-6-14)8-11(4-2)13(10)15/h7-8H,3-6H2,1-2H3. The summed E-state index contributed by atoms with van der Waals surface area (Å²) in [6.45, 7) is 4.37. The monoisotopic (exact) mass is 325 g/mol. The molecule has 0 atom stereocenters. The Morgan fingerprint density at radius 3 is 2.06 bits per heavy atom. The van der Waals surface area contributed by atoms with Crippen molar-refractivity contribution in [3.8, 4) is 6.07 Å². The Balaban J connectivity index is 2.53. The number of nitrogens with zero attached hydrogens (tertiary/aromatic N) is 1. The Morgan fingerprint density at radius 1 is 1.25 bits per heavy atom. The maximum atomic E-state index is 9.25. The summed E-state index contributed by atoms with van der Waals surface area (Å²) in [6.07, 6.45) is 4.19. The zero-order valence-corrected chi connectivity index (χ0v) is 12.0. The Morgan fingerprint density at radius 2 is 1.75 bits per heavy atom. The SMILES string of the molecule is CCc1cc(C2(C#N)CC2)cc(CC)c1I. The minimum Gasteiger partial charge on any atom is -0.197 e. The minimum atomic E-state index is -0.141. The van der Waals surface area contributed by atoms with Gasteiger partial charge in [-0.3, -0.25) is 0 Å². The molecule has 1 aromatic carbocycles. The molecular formula is C14H16IN. The molecular weight excluding hydrogens is 309 g/mol. The van der Waals surface area contributed by atoms with Gasteiger partial charge in [-0.25, -0.2) is 0 Å². The van der Waals surface area contributed by atoms with Gasteiger partial charge >= 0.3 is 0 Å². The molecule has 2 rings (SSSR count). The van der Waals surface area contributed by atoms with Crippen molar-refractivity contribution in [3.63, 3.8) is 0 Å². The summed E-state index contributed by atoms with van der Waals surface area (Å²) in [5, 5.41) is 9.25.